The summed E-state index contributed by atoms with van der Waals surface area (Å²) >= 11 is 0. The molecule has 4 aromatic rings. The van der Waals surface area contributed by atoms with Crippen molar-refractivity contribution in [1.82, 2.24) is 23.9 Å². The Labute approximate surface area is 255 Å². The third kappa shape index (κ3) is 5.69. The summed E-state index contributed by atoms with van der Waals surface area (Å²) < 4.78 is 3.25. The molecule has 2 aromatic carbocycles. The van der Waals surface area contributed by atoms with Crippen LogP contribution in [0.3, 0.4) is 0 Å². The molecule has 2 aliphatic rings. The molecule has 2 amide bonds. The molecule has 2 unspecified atom stereocenters. The SMILES string of the molecule is CC(=O)c1cccc(C(=O)N2CCC(C(=O)N3CCC(O)(Cn4cnc5c(ccn5C)c4=O)CC3)C(c3ccccc3)C2)c1. The Bertz CT molecular complexity index is 1770. The second-order valence-electron chi connectivity index (χ2n) is 12.2. The lowest BCUT2D eigenvalue weighted by Crippen LogP contribution is -2.53. The fourth-order valence-corrected chi connectivity index (χ4v) is 6.67. The van der Waals surface area contributed by atoms with E-state index < -0.39 is 5.60 Å². The topological polar surface area (TPSA) is 118 Å². The Morgan fingerprint density at radius 3 is 2.41 bits per heavy atom. The van der Waals surface area contributed by atoms with E-state index in [1.807, 2.05) is 42.3 Å². The van der Waals surface area contributed by atoms with Crippen LogP contribution in [0.15, 0.2) is 78.0 Å². The van der Waals surface area contributed by atoms with Crippen molar-refractivity contribution in [2.45, 2.75) is 44.2 Å². The quantitative estimate of drug-likeness (QED) is 0.342. The van der Waals surface area contributed by atoms with Gasteiger partial charge in [-0.25, -0.2) is 4.98 Å². The number of hydrogen-bond acceptors (Lipinski definition) is 6. The Balaban J connectivity index is 1.16. The van der Waals surface area contributed by atoms with Crippen molar-refractivity contribution in [3.63, 3.8) is 0 Å². The number of piperidine rings is 2. The van der Waals surface area contributed by atoms with Crippen molar-refractivity contribution in [3.05, 3.63) is 100 Å². The summed E-state index contributed by atoms with van der Waals surface area (Å²) in [6.45, 7) is 3.17. The number of carbonyl (C=O) groups is 3. The lowest BCUT2D eigenvalue weighted by atomic mass is 9.79. The number of aliphatic hydroxyl groups is 1. The average Bonchev–Trinajstić information content (AvgIpc) is 3.43. The molecule has 1 N–H and O–H groups in total. The molecular weight excluding hydrogens is 558 g/mol. The molecule has 2 aliphatic heterocycles. The fraction of sp³-hybridized carbons (Fsp3) is 0.382. The Morgan fingerprint density at radius 1 is 0.955 bits per heavy atom. The van der Waals surface area contributed by atoms with Crippen molar-refractivity contribution >= 4 is 28.6 Å². The maximum Gasteiger partial charge on any atom is 0.262 e. The Hall–Kier alpha value is -4.57. The van der Waals surface area contributed by atoms with Gasteiger partial charge in [0.15, 0.2) is 5.78 Å². The Kier molecular flexibility index (Phi) is 7.94. The summed E-state index contributed by atoms with van der Waals surface area (Å²) in [5, 5.41) is 11.9. The van der Waals surface area contributed by atoms with E-state index in [1.54, 1.807) is 46.0 Å². The first-order valence-corrected chi connectivity index (χ1v) is 15.1. The van der Waals surface area contributed by atoms with Crippen molar-refractivity contribution in [2.75, 3.05) is 26.2 Å². The van der Waals surface area contributed by atoms with Gasteiger partial charge in [-0.3, -0.25) is 23.7 Å². The number of ketones is 1. The smallest absolute Gasteiger partial charge is 0.262 e. The van der Waals surface area contributed by atoms with Crippen molar-refractivity contribution in [1.29, 1.82) is 0 Å². The van der Waals surface area contributed by atoms with Gasteiger partial charge in [-0.05, 0) is 49.9 Å². The zero-order valence-electron chi connectivity index (χ0n) is 25.1. The number of hydrogen-bond donors (Lipinski definition) is 1. The first-order valence-electron chi connectivity index (χ1n) is 15.1. The molecule has 2 aromatic heterocycles. The van der Waals surface area contributed by atoms with Crippen LogP contribution in [0.1, 0.15) is 58.4 Å². The van der Waals surface area contributed by atoms with Gasteiger partial charge in [-0.2, -0.15) is 0 Å². The summed E-state index contributed by atoms with van der Waals surface area (Å²) in [5.41, 5.74) is 1.23. The van der Waals surface area contributed by atoms with Gasteiger partial charge in [0.25, 0.3) is 11.5 Å². The number of amides is 2. The van der Waals surface area contributed by atoms with Crippen molar-refractivity contribution in [3.8, 4) is 0 Å². The minimum absolute atomic E-state index is 0.0242. The largest absolute Gasteiger partial charge is 0.388 e. The molecule has 228 valence electrons. The van der Waals surface area contributed by atoms with E-state index in [4.69, 9.17) is 0 Å². The highest BCUT2D eigenvalue weighted by Crippen LogP contribution is 2.36. The van der Waals surface area contributed by atoms with E-state index in [9.17, 15) is 24.3 Å². The number of nitrogens with zero attached hydrogens (tertiary/aromatic N) is 5. The third-order valence-corrected chi connectivity index (χ3v) is 9.28. The van der Waals surface area contributed by atoms with Gasteiger partial charge in [-0.1, -0.05) is 42.5 Å². The molecule has 0 aliphatic carbocycles. The molecule has 6 rings (SSSR count). The molecule has 2 atom stereocenters. The first-order chi connectivity index (χ1) is 21.1. The molecule has 10 nitrogen and oxygen atoms in total. The maximum atomic E-state index is 14.0. The maximum absolute atomic E-state index is 14.0. The molecular formula is C34H37N5O5. The normalized spacial score (nSPS) is 20.1. The zero-order valence-corrected chi connectivity index (χ0v) is 25.1. The van der Waals surface area contributed by atoms with Crippen LogP contribution in [0.4, 0.5) is 0 Å². The van der Waals surface area contributed by atoms with Crippen LogP contribution in [-0.4, -0.2) is 78.4 Å². The number of likely N-dealkylation sites (tertiary alicyclic amines) is 2. The monoisotopic (exact) mass is 595 g/mol. The van der Waals surface area contributed by atoms with Crippen LogP contribution < -0.4 is 5.56 Å². The lowest BCUT2D eigenvalue weighted by molar-refractivity contribution is -0.142. The van der Waals surface area contributed by atoms with Crippen LogP contribution in [-0.2, 0) is 18.4 Å². The minimum atomic E-state index is -1.13. The van der Waals surface area contributed by atoms with Crippen molar-refractivity contribution in [2.24, 2.45) is 13.0 Å². The van der Waals surface area contributed by atoms with E-state index in [0.29, 0.717) is 67.6 Å². The molecule has 0 bridgehead atoms. The molecule has 0 radical (unpaired) electrons. The number of Topliss-reactive ketones (excluding diaryl/α,β-unsaturated/α-hetero) is 1. The van der Waals surface area contributed by atoms with Gasteiger partial charge in [0.05, 0.1) is 17.5 Å². The first kappa shape index (κ1) is 29.5. The zero-order chi connectivity index (χ0) is 31.0. The van der Waals surface area contributed by atoms with Crippen LogP contribution in [0, 0.1) is 5.92 Å². The number of rotatable bonds is 6. The van der Waals surface area contributed by atoms with Crippen LogP contribution >= 0.6 is 0 Å². The molecule has 2 saturated heterocycles. The number of carbonyl (C=O) groups excluding carboxylic acids is 3. The van der Waals surface area contributed by atoms with E-state index in [2.05, 4.69) is 4.98 Å². The highest BCUT2D eigenvalue weighted by molar-refractivity contribution is 5.99. The van der Waals surface area contributed by atoms with E-state index in [1.165, 1.54) is 17.8 Å². The van der Waals surface area contributed by atoms with Crippen molar-refractivity contribution < 1.29 is 19.5 Å². The summed E-state index contributed by atoms with van der Waals surface area (Å²) in [6, 6.07) is 18.3. The molecule has 0 saturated carbocycles. The summed E-state index contributed by atoms with van der Waals surface area (Å²) in [6.07, 6.45) is 4.47. The van der Waals surface area contributed by atoms with Gasteiger partial charge in [0.1, 0.15) is 12.0 Å². The second-order valence-corrected chi connectivity index (χ2v) is 12.2. The third-order valence-electron chi connectivity index (χ3n) is 9.28. The predicted octanol–water partition coefficient (Wildman–Crippen LogP) is 3.24. The van der Waals surface area contributed by atoms with Crippen LogP contribution in [0.5, 0.6) is 0 Å². The number of benzene rings is 2. The molecule has 44 heavy (non-hydrogen) atoms. The number of aromatic nitrogens is 3. The fourth-order valence-electron chi connectivity index (χ4n) is 6.67. The molecule has 4 heterocycles. The van der Waals surface area contributed by atoms with Crippen LogP contribution in [0.25, 0.3) is 11.0 Å². The van der Waals surface area contributed by atoms with Gasteiger partial charge in [0, 0.05) is 62.4 Å². The van der Waals surface area contributed by atoms with Gasteiger partial charge in [0.2, 0.25) is 5.91 Å². The van der Waals surface area contributed by atoms with E-state index in [0.717, 1.165) is 5.56 Å². The van der Waals surface area contributed by atoms with Gasteiger partial charge in [-0.15, -0.1) is 0 Å². The minimum Gasteiger partial charge on any atom is -0.388 e. The molecule has 0 spiro atoms. The number of aryl methyl sites for hydroxylation is 1. The standard InChI is InChI=1S/C34H37N5O5/c1-23(40)25-9-6-10-26(19-25)31(41)38-16-12-27(29(20-38)24-7-4-3-5-8-24)32(42)37-17-13-34(44,14-18-37)21-39-22-35-30-28(33(39)43)11-15-36(30)2/h3-11,15,19,22,27,29,44H,12-14,16-18,20-21H2,1-2H3. The predicted molar refractivity (Wildman–Crippen MR) is 165 cm³/mol. The summed E-state index contributed by atoms with van der Waals surface area (Å²) in [4.78, 5) is 60.4. The highest BCUT2D eigenvalue weighted by atomic mass is 16.3. The number of fused-ring (bicyclic) bond motifs is 1. The summed E-state index contributed by atoms with van der Waals surface area (Å²) in [5.74, 6) is -0.734. The lowest BCUT2D eigenvalue weighted by Gasteiger charge is -2.43. The highest BCUT2D eigenvalue weighted by Gasteiger charge is 2.41. The van der Waals surface area contributed by atoms with Crippen LogP contribution in [0.2, 0.25) is 0 Å². The van der Waals surface area contributed by atoms with Gasteiger partial charge >= 0.3 is 0 Å². The average molecular weight is 596 g/mol. The van der Waals surface area contributed by atoms with E-state index >= 15 is 0 Å². The van der Waals surface area contributed by atoms with Gasteiger partial charge < -0.3 is 19.5 Å². The molecule has 10 heteroatoms. The Morgan fingerprint density at radius 2 is 1.68 bits per heavy atom. The molecule has 2 fully saturated rings. The van der Waals surface area contributed by atoms with E-state index in [-0.39, 0.29) is 41.5 Å². The summed E-state index contributed by atoms with van der Waals surface area (Å²) in [7, 11) is 1.83. The second kappa shape index (κ2) is 11.8.